The highest BCUT2D eigenvalue weighted by molar-refractivity contribution is 7.99. The van der Waals surface area contributed by atoms with Gasteiger partial charge in [0.15, 0.2) is 0 Å². The summed E-state index contributed by atoms with van der Waals surface area (Å²) in [6.07, 6.45) is 0.903. The molecule has 1 rings (SSSR count). The lowest BCUT2D eigenvalue weighted by Crippen LogP contribution is -2.15. The molecule has 2 nitrogen and oxygen atoms in total. The van der Waals surface area contributed by atoms with Crippen molar-refractivity contribution in [1.82, 2.24) is 4.90 Å². The number of thioether (sulfide) groups is 1. The predicted molar refractivity (Wildman–Crippen MR) is 52.8 cm³/mol. The van der Waals surface area contributed by atoms with Crippen molar-refractivity contribution in [2.45, 2.75) is 27.7 Å². The molecule has 0 aliphatic carbocycles. The highest BCUT2D eigenvalue weighted by atomic mass is 32.2. The van der Waals surface area contributed by atoms with Crippen molar-refractivity contribution in [3.8, 4) is 0 Å². The Morgan fingerprint density at radius 1 is 1.27 bits per heavy atom. The summed E-state index contributed by atoms with van der Waals surface area (Å²) in [6.45, 7) is 8.94. The Bertz CT molecular complexity index is 72.5. The number of rotatable bonds is 1. The van der Waals surface area contributed by atoms with Crippen LogP contribution in [0.5, 0.6) is 0 Å². The summed E-state index contributed by atoms with van der Waals surface area (Å²) in [7, 11) is 0. The minimum atomic E-state index is 0.892. The standard InChI is InChI=1S/C4H7NOS.2C2H6/c6-3-5-1-2-7-4-5;2*1-2/h3H,1-2,4H2;2*1-2H3. The van der Waals surface area contributed by atoms with Crippen LogP contribution in [0, 0.1) is 0 Å². The lowest BCUT2D eigenvalue weighted by Gasteiger charge is -2.01. The molecule has 0 N–H and O–H groups in total. The Hall–Kier alpha value is -0.180. The van der Waals surface area contributed by atoms with E-state index in [0.29, 0.717) is 0 Å². The molecule has 1 amide bonds. The monoisotopic (exact) mass is 177 g/mol. The lowest BCUT2D eigenvalue weighted by atomic mass is 10.7. The summed E-state index contributed by atoms with van der Waals surface area (Å²) < 4.78 is 0. The summed E-state index contributed by atoms with van der Waals surface area (Å²) in [6, 6.07) is 0. The quantitative estimate of drug-likeness (QED) is 0.572. The van der Waals surface area contributed by atoms with Crippen molar-refractivity contribution in [1.29, 1.82) is 0 Å². The molecule has 1 aliphatic heterocycles. The fourth-order valence-electron chi connectivity index (χ4n) is 0.511. The molecule has 3 heteroatoms. The summed E-state index contributed by atoms with van der Waals surface area (Å²) in [5.74, 6) is 2.00. The Balaban J connectivity index is 0. The highest BCUT2D eigenvalue weighted by Crippen LogP contribution is 2.09. The van der Waals surface area contributed by atoms with E-state index in [4.69, 9.17) is 0 Å². The zero-order valence-corrected chi connectivity index (χ0v) is 8.78. The minimum Gasteiger partial charge on any atom is -0.335 e. The summed E-state index contributed by atoms with van der Waals surface area (Å²) in [5.41, 5.74) is 0. The third-order valence-corrected chi connectivity index (χ3v) is 1.91. The first-order valence-electron chi connectivity index (χ1n) is 4.20. The molecule has 0 spiro atoms. The van der Waals surface area contributed by atoms with Crippen molar-refractivity contribution in [2.75, 3.05) is 18.2 Å². The van der Waals surface area contributed by atoms with E-state index in [0.717, 1.165) is 24.6 Å². The van der Waals surface area contributed by atoms with Gasteiger partial charge in [-0.3, -0.25) is 4.79 Å². The van der Waals surface area contributed by atoms with Crippen LogP contribution in [0.25, 0.3) is 0 Å². The van der Waals surface area contributed by atoms with Gasteiger partial charge in [0.1, 0.15) is 0 Å². The number of hydrogen-bond acceptors (Lipinski definition) is 2. The molecule has 0 saturated carbocycles. The molecule has 0 aromatic rings. The normalized spacial score (nSPS) is 14.0. The fourth-order valence-corrected chi connectivity index (χ4v) is 1.43. The SMILES string of the molecule is CC.CC.O=CN1CCSC1. The van der Waals surface area contributed by atoms with E-state index >= 15 is 0 Å². The molecule has 1 fully saturated rings. The number of carbonyl (C=O) groups excluding carboxylic acids is 1. The summed E-state index contributed by atoms with van der Waals surface area (Å²) in [4.78, 5) is 11.7. The topological polar surface area (TPSA) is 20.3 Å². The van der Waals surface area contributed by atoms with Gasteiger partial charge < -0.3 is 4.90 Å². The van der Waals surface area contributed by atoms with Crippen molar-refractivity contribution in [3.63, 3.8) is 0 Å². The summed E-state index contributed by atoms with van der Waals surface area (Å²) >= 11 is 1.80. The van der Waals surface area contributed by atoms with E-state index in [1.165, 1.54) is 0 Å². The van der Waals surface area contributed by atoms with Crippen LogP contribution in [-0.4, -0.2) is 29.5 Å². The van der Waals surface area contributed by atoms with E-state index in [2.05, 4.69) is 0 Å². The third-order valence-electron chi connectivity index (χ3n) is 0.929. The van der Waals surface area contributed by atoms with Crippen LogP contribution in [0.1, 0.15) is 27.7 Å². The Morgan fingerprint density at radius 3 is 2.00 bits per heavy atom. The van der Waals surface area contributed by atoms with Crippen molar-refractivity contribution < 1.29 is 4.79 Å². The van der Waals surface area contributed by atoms with Crippen LogP contribution in [-0.2, 0) is 4.79 Å². The lowest BCUT2D eigenvalue weighted by molar-refractivity contribution is -0.116. The van der Waals surface area contributed by atoms with Crippen LogP contribution in [0.2, 0.25) is 0 Å². The van der Waals surface area contributed by atoms with E-state index < -0.39 is 0 Å². The maximum absolute atomic E-state index is 9.92. The molecular weight excluding hydrogens is 158 g/mol. The molecule has 68 valence electrons. The molecule has 1 heterocycles. The maximum atomic E-state index is 9.92. The average molecular weight is 177 g/mol. The average Bonchev–Trinajstić information content (AvgIpc) is 2.63. The van der Waals surface area contributed by atoms with Gasteiger partial charge >= 0.3 is 0 Å². The second-order valence-electron chi connectivity index (χ2n) is 1.46. The molecule has 0 aromatic heterocycles. The molecule has 0 unspecified atom stereocenters. The maximum Gasteiger partial charge on any atom is 0.210 e. The number of amides is 1. The van der Waals surface area contributed by atoms with Gasteiger partial charge in [0.05, 0.1) is 5.88 Å². The molecule has 0 radical (unpaired) electrons. The van der Waals surface area contributed by atoms with Crippen molar-refractivity contribution in [3.05, 3.63) is 0 Å². The Labute approximate surface area is 74.3 Å². The molecule has 0 bridgehead atoms. The number of hydrogen-bond donors (Lipinski definition) is 0. The zero-order chi connectivity index (χ0) is 9.11. The molecular formula is C8H19NOS. The molecule has 11 heavy (non-hydrogen) atoms. The van der Waals surface area contributed by atoms with Crippen molar-refractivity contribution >= 4 is 18.2 Å². The van der Waals surface area contributed by atoms with E-state index in [-0.39, 0.29) is 0 Å². The van der Waals surface area contributed by atoms with E-state index in [1.54, 1.807) is 16.7 Å². The molecule has 0 aromatic carbocycles. The van der Waals surface area contributed by atoms with Gasteiger partial charge in [0.25, 0.3) is 0 Å². The van der Waals surface area contributed by atoms with Crippen LogP contribution < -0.4 is 0 Å². The number of nitrogens with zero attached hydrogens (tertiary/aromatic N) is 1. The van der Waals surface area contributed by atoms with Gasteiger partial charge in [-0.15, -0.1) is 11.8 Å². The van der Waals surface area contributed by atoms with Gasteiger partial charge in [-0.2, -0.15) is 0 Å². The highest BCUT2D eigenvalue weighted by Gasteiger charge is 2.06. The van der Waals surface area contributed by atoms with Gasteiger partial charge in [-0.25, -0.2) is 0 Å². The smallest absolute Gasteiger partial charge is 0.210 e. The Morgan fingerprint density at radius 2 is 1.82 bits per heavy atom. The first-order chi connectivity index (χ1) is 5.43. The molecule has 1 aliphatic rings. The van der Waals surface area contributed by atoms with E-state index in [1.807, 2.05) is 27.7 Å². The largest absolute Gasteiger partial charge is 0.335 e. The third kappa shape index (κ3) is 7.72. The number of carbonyl (C=O) groups is 1. The minimum absolute atomic E-state index is 0.892. The van der Waals surface area contributed by atoms with E-state index in [9.17, 15) is 4.79 Å². The fraction of sp³-hybridized carbons (Fsp3) is 0.875. The van der Waals surface area contributed by atoms with Gasteiger partial charge in [-0.1, -0.05) is 27.7 Å². The zero-order valence-electron chi connectivity index (χ0n) is 7.96. The van der Waals surface area contributed by atoms with Crippen molar-refractivity contribution in [2.24, 2.45) is 0 Å². The summed E-state index contributed by atoms with van der Waals surface area (Å²) in [5, 5.41) is 0. The first kappa shape index (κ1) is 13.4. The second-order valence-corrected chi connectivity index (χ2v) is 2.53. The Kier molecular flexibility index (Phi) is 15.2. The van der Waals surface area contributed by atoms with Gasteiger partial charge in [0, 0.05) is 12.3 Å². The van der Waals surface area contributed by atoms with Crippen LogP contribution >= 0.6 is 11.8 Å². The van der Waals surface area contributed by atoms with Gasteiger partial charge in [0.2, 0.25) is 6.41 Å². The first-order valence-corrected chi connectivity index (χ1v) is 5.36. The second kappa shape index (κ2) is 12.5. The molecule has 0 atom stereocenters. The van der Waals surface area contributed by atoms with Gasteiger partial charge in [-0.05, 0) is 0 Å². The molecule has 1 saturated heterocycles. The van der Waals surface area contributed by atoms with Crippen LogP contribution in [0.3, 0.4) is 0 Å². The predicted octanol–water partition coefficient (Wildman–Crippen LogP) is 2.20. The van der Waals surface area contributed by atoms with Crippen LogP contribution in [0.15, 0.2) is 0 Å². The van der Waals surface area contributed by atoms with Crippen LogP contribution in [0.4, 0.5) is 0 Å².